The molecule has 1 aliphatic rings. The van der Waals surface area contributed by atoms with Crippen LogP contribution < -0.4 is 0 Å². The number of hydrogen-bond acceptors (Lipinski definition) is 3. The van der Waals surface area contributed by atoms with Crippen LogP contribution in [0.15, 0.2) is 0 Å². The van der Waals surface area contributed by atoms with Crippen LogP contribution in [-0.4, -0.2) is 48.8 Å². The van der Waals surface area contributed by atoms with Crippen molar-refractivity contribution in [1.29, 1.82) is 0 Å². The molecule has 1 aliphatic heterocycles. The first-order chi connectivity index (χ1) is 7.15. The van der Waals surface area contributed by atoms with Crippen LogP contribution in [0.5, 0.6) is 0 Å². The lowest BCUT2D eigenvalue weighted by atomic mass is 9.99. The quantitative estimate of drug-likeness (QED) is 0.673. The van der Waals surface area contributed by atoms with Gasteiger partial charge in [-0.1, -0.05) is 13.8 Å². The van der Waals surface area contributed by atoms with Crippen LogP contribution in [0.25, 0.3) is 0 Å². The fraction of sp³-hybridized carbons (Fsp3) is 0.909. The van der Waals surface area contributed by atoms with Gasteiger partial charge >= 0.3 is 5.97 Å². The van der Waals surface area contributed by atoms with Crippen molar-refractivity contribution in [2.24, 2.45) is 11.8 Å². The van der Waals surface area contributed by atoms with Crippen LogP contribution in [0.4, 0.5) is 0 Å². The molecule has 1 saturated heterocycles. The predicted octanol–water partition coefficient (Wildman–Crippen LogP) is 1.07. The molecule has 4 heteroatoms. The van der Waals surface area contributed by atoms with Gasteiger partial charge in [0.05, 0.1) is 12.5 Å². The van der Waals surface area contributed by atoms with Gasteiger partial charge in [0.2, 0.25) is 0 Å². The molecule has 0 saturated carbocycles. The molecule has 1 rings (SSSR count). The monoisotopic (exact) mass is 215 g/mol. The number of carbonyl (C=O) groups is 1. The standard InChI is InChI=1S/C11H21NO3/c1-3-5-15-6-4-12-7-9(2)10(8-12)11(13)14/h9-10H,3-8H2,1-2H3,(H,13,14). The van der Waals surface area contributed by atoms with E-state index < -0.39 is 5.97 Å². The molecule has 0 radical (unpaired) electrons. The third-order valence-electron chi connectivity index (χ3n) is 2.91. The Balaban J connectivity index is 2.20. The summed E-state index contributed by atoms with van der Waals surface area (Å²) in [5, 5.41) is 8.95. The predicted molar refractivity (Wildman–Crippen MR) is 57.8 cm³/mol. The first-order valence-corrected chi connectivity index (χ1v) is 5.68. The molecule has 0 bridgehead atoms. The molecule has 4 nitrogen and oxygen atoms in total. The van der Waals surface area contributed by atoms with Crippen LogP contribution in [0.2, 0.25) is 0 Å². The van der Waals surface area contributed by atoms with Gasteiger partial charge in [0.1, 0.15) is 0 Å². The lowest BCUT2D eigenvalue weighted by Gasteiger charge is -2.14. The van der Waals surface area contributed by atoms with Crippen molar-refractivity contribution in [3.8, 4) is 0 Å². The zero-order valence-electron chi connectivity index (χ0n) is 9.61. The molecule has 1 fully saturated rings. The van der Waals surface area contributed by atoms with Crippen molar-refractivity contribution in [1.82, 2.24) is 4.90 Å². The molecule has 0 aromatic heterocycles. The van der Waals surface area contributed by atoms with Crippen molar-refractivity contribution in [2.45, 2.75) is 20.3 Å². The van der Waals surface area contributed by atoms with E-state index in [-0.39, 0.29) is 11.8 Å². The van der Waals surface area contributed by atoms with E-state index in [1.165, 1.54) is 0 Å². The number of carboxylic acid groups (broad SMARTS) is 1. The summed E-state index contributed by atoms with van der Waals surface area (Å²) in [5.74, 6) is -0.607. The van der Waals surface area contributed by atoms with Crippen LogP contribution in [-0.2, 0) is 9.53 Å². The van der Waals surface area contributed by atoms with E-state index in [0.29, 0.717) is 13.2 Å². The van der Waals surface area contributed by atoms with E-state index in [0.717, 1.165) is 26.1 Å². The molecule has 0 aromatic rings. The van der Waals surface area contributed by atoms with Crippen molar-refractivity contribution < 1.29 is 14.6 Å². The minimum Gasteiger partial charge on any atom is -0.481 e. The minimum atomic E-state index is -0.667. The van der Waals surface area contributed by atoms with Gasteiger partial charge < -0.3 is 9.84 Å². The average molecular weight is 215 g/mol. The van der Waals surface area contributed by atoms with E-state index in [2.05, 4.69) is 11.8 Å². The molecule has 1 heterocycles. The molecular formula is C11H21NO3. The van der Waals surface area contributed by atoms with Gasteiger partial charge in [-0.15, -0.1) is 0 Å². The van der Waals surface area contributed by atoms with Gasteiger partial charge in [0, 0.05) is 26.2 Å². The number of nitrogens with zero attached hydrogens (tertiary/aromatic N) is 1. The molecule has 1 N–H and O–H groups in total. The summed E-state index contributed by atoms with van der Waals surface area (Å²) in [6.45, 7) is 8.01. The van der Waals surface area contributed by atoms with Crippen molar-refractivity contribution >= 4 is 5.97 Å². The van der Waals surface area contributed by atoms with Crippen LogP contribution in [0, 0.1) is 11.8 Å². The summed E-state index contributed by atoms with van der Waals surface area (Å²) in [7, 11) is 0. The lowest BCUT2D eigenvalue weighted by molar-refractivity contribution is -0.142. The number of ether oxygens (including phenoxy) is 1. The van der Waals surface area contributed by atoms with Gasteiger partial charge in [-0.2, -0.15) is 0 Å². The second kappa shape index (κ2) is 6.08. The van der Waals surface area contributed by atoms with Crippen LogP contribution in [0.3, 0.4) is 0 Å². The first kappa shape index (κ1) is 12.5. The van der Waals surface area contributed by atoms with Crippen molar-refractivity contribution in [3.05, 3.63) is 0 Å². The average Bonchev–Trinajstić information content (AvgIpc) is 2.55. The number of carboxylic acids is 1. The third-order valence-corrected chi connectivity index (χ3v) is 2.91. The van der Waals surface area contributed by atoms with Gasteiger partial charge in [-0.25, -0.2) is 0 Å². The van der Waals surface area contributed by atoms with E-state index in [1.54, 1.807) is 0 Å². The number of hydrogen-bond donors (Lipinski definition) is 1. The topological polar surface area (TPSA) is 49.8 Å². The zero-order valence-corrected chi connectivity index (χ0v) is 9.61. The number of rotatable bonds is 6. The maximum atomic E-state index is 10.9. The highest BCUT2D eigenvalue weighted by molar-refractivity contribution is 5.71. The SMILES string of the molecule is CCCOCCN1CC(C)C(C(=O)O)C1. The maximum absolute atomic E-state index is 10.9. The van der Waals surface area contributed by atoms with E-state index in [9.17, 15) is 4.79 Å². The van der Waals surface area contributed by atoms with Gasteiger partial charge in [0.25, 0.3) is 0 Å². The van der Waals surface area contributed by atoms with Crippen molar-refractivity contribution in [2.75, 3.05) is 32.8 Å². The fourth-order valence-corrected chi connectivity index (χ4v) is 2.01. The zero-order chi connectivity index (χ0) is 11.3. The highest BCUT2D eigenvalue weighted by Gasteiger charge is 2.34. The second-order valence-corrected chi connectivity index (χ2v) is 4.29. The molecule has 0 aromatic carbocycles. The highest BCUT2D eigenvalue weighted by Crippen LogP contribution is 2.22. The molecule has 88 valence electrons. The summed E-state index contributed by atoms with van der Waals surface area (Å²) in [4.78, 5) is 13.1. The van der Waals surface area contributed by atoms with Crippen molar-refractivity contribution in [3.63, 3.8) is 0 Å². The molecule has 2 unspecified atom stereocenters. The summed E-state index contributed by atoms with van der Waals surface area (Å²) in [6.07, 6.45) is 1.04. The number of likely N-dealkylation sites (tertiary alicyclic amines) is 1. The Kier molecular flexibility index (Phi) is 5.05. The van der Waals surface area contributed by atoms with E-state index >= 15 is 0 Å². The normalized spacial score (nSPS) is 27.1. The Bertz CT molecular complexity index is 208. The summed E-state index contributed by atoms with van der Waals surface area (Å²) < 4.78 is 5.39. The molecule has 0 spiro atoms. The molecule has 0 amide bonds. The molecular weight excluding hydrogens is 194 g/mol. The van der Waals surface area contributed by atoms with Crippen LogP contribution in [0.1, 0.15) is 20.3 Å². The highest BCUT2D eigenvalue weighted by atomic mass is 16.5. The lowest BCUT2D eigenvalue weighted by Crippen LogP contribution is -2.26. The van der Waals surface area contributed by atoms with Gasteiger partial charge in [-0.05, 0) is 12.3 Å². The Labute approximate surface area is 91.2 Å². The Hall–Kier alpha value is -0.610. The van der Waals surface area contributed by atoms with Crippen LogP contribution >= 0.6 is 0 Å². The summed E-state index contributed by atoms with van der Waals surface area (Å²) >= 11 is 0. The Morgan fingerprint density at radius 2 is 2.20 bits per heavy atom. The molecule has 15 heavy (non-hydrogen) atoms. The second-order valence-electron chi connectivity index (χ2n) is 4.29. The van der Waals surface area contributed by atoms with E-state index in [1.807, 2.05) is 6.92 Å². The maximum Gasteiger partial charge on any atom is 0.308 e. The summed E-state index contributed by atoms with van der Waals surface area (Å²) in [5.41, 5.74) is 0. The number of aliphatic carboxylic acids is 1. The third kappa shape index (κ3) is 3.80. The molecule has 0 aliphatic carbocycles. The first-order valence-electron chi connectivity index (χ1n) is 5.68. The molecule has 2 atom stereocenters. The Morgan fingerprint density at radius 3 is 2.73 bits per heavy atom. The minimum absolute atomic E-state index is 0.198. The largest absolute Gasteiger partial charge is 0.481 e. The fourth-order valence-electron chi connectivity index (χ4n) is 2.01. The smallest absolute Gasteiger partial charge is 0.308 e. The Morgan fingerprint density at radius 1 is 1.47 bits per heavy atom. The van der Waals surface area contributed by atoms with Gasteiger partial charge in [0.15, 0.2) is 0 Å². The summed E-state index contributed by atoms with van der Waals surface area (Å²) in [6, 6.07) is 0. The van der Waals surface area contributed by atoms with Gasteiger partial charge in [-0.3, -0.25) is 9.69 Å². The van der Waals surface area contributed by atoms with E-state index in [4.69, 9.17) is 9.84 Å².